The molecule has 33 heavy (non-hydrogen) atoms. The molecular formula is C24H31N3O5S. The molecule has 0 bridgehead atoms. The Labute approximate surface area is 195 Å². The monoisotopic (exact) mass is 473 g/mol. The number of methoxy groups -OCH3 is 1. The molecule has 1 fully saturated rings. The van der Waals surface area contributed by atoms with Crippen molar-refractivity contribution < 1.29 is 22.7 Å². The average Bonchev–Trinajstić information content (AvgIpc) is 2.83. The number of amides is 2. The van der Waals surface area contributed by atoms with Gasteiger partial charge in [-0.1, -0.05) is 43.5 Å². The highest BCUT2D eigenvalue weighted by atomic mass is 32.2. The van der Waals surface area contributed by atoms with E-state index in [2.05, 4.69) is 15.4 Å². The van der Waals surface area contributed by atoms with Crippen LogP contribution < -0.4 is 20.1 Å². The first-order valence-corrected chi connectivity index (χ1v) is 12.7. The number of carbonyl (C=O) groups is 2. The molecule has 3 N–H and O–H groups in total. The van der Waals surface area contributed by atoms with Crippen molar-refractivity contribution in [1.82, 2.24) is 15.4 Å². The summed E-state index contributed by atoms with van der Waals surface area (Å²) in [7, 11) is -2.27. The standard InChI is InChI=1S/C24H31N3O5S/c1-32-22-10-6-5-9-21(22)24(29)25-16-15-18-11-13-20(14-12-18)33(30,31)26-17-23(28)27-19-7-3-2-4-8-19/h5-6,9-14,19,26H,2-4,7-8,15-17H2,1H3,(H,25,29)(H,27,28). The number of benzene rings is 2. The van der Waals surface area contributed by atoms with Crippen LogP contribution >= 0.6 is 0 Å². The van der Waals surface area contributed by atoms with Crippen molar-refractivity contribution in [3.05, 3.63) is 59.7 Å². The molecular weight excluding hydrogens is 442 g/mol. The Bertz CT molecular complexity index is 1050. The lowest BCUT2D eigenvalue weighted by atomic mass is 9.95. The van der Waals surface area contributed by atoms with Crippen LogP contribution in [-0.2, 0) is 21.2 Å². The van der Waals surface area contributed by atoms with Gasteiger partial charge in [-0.15, -0.1) is 0 Å². The van der Waals surface area contributed by atoms with Crippen LogP contribution in [0, 0.1) is 0 Å². The van der Waals surface area contributed by atoms with Crippen LogP contribution in [0.1, 0.15) is 48.0 Å². The first-order chi connectivity index (χ1) is 15.9. The Morgan fingerprint density at radius 2 is 1.70 bits per heavy atom. The summed E-state index contributed by atoms with van der Waals surface area (Å²) < 4.78 is 32.6. The zero-order valence-corrected chi connectivity index (χ0v) is 19.6. The minimum absolute atomic E-state index is 0.0924. The summed E-state index contributed by atoms with van der Waals surface area (Å²) in [6.45, 7) is 0.109. The van der Waals surface area contributed by atoms with Gasteiger partial charge in [0.2, 0.25) is 15.9 Å². The smallest absolute Gasteiger partial charge is 0.255 e. The number of nitrogens with one attached hydrogen (secondary N) is 3. The normalized spacial score (nSPS) is 14.5. The van der Waals surface area contributed by atoms with Crippen LogP contribution in [0.25, 0.3) is 0 Å². The van der Waals surface area contributed by atoms with Crippen LogP contribution in [0.4, 0.5) is 0 Å². The molecule has 1 aliphatic carbocycles. The van der Waals surface area contributed by atoms with Gasteiger partial charge in [0.15, 0.2) is 0 Å². The third kappa shape index (κ3) is 7.30. The van der Waals surface area contributed by atoms with E-state index in [1.165, 1.54) is 25.7 Å². The minimum Gasteiger partial charge on any atom is -0.496 e. The molecule has 0 atom stereocenters. The predicted molar refractivity (Wildman–Crippen MR) is 126 cm³/mol. The van der Waals surface area contributed by atoms with Gasteiger partial charge in [0.1, 0.15) is 5.75 Å². The number of hydrogen-bond donors (Lipinski definition) is 3. The maximum atomic E-state index is 12.5. The van der Waals surface area contributed by atoms with Gasteiger partial charge in [0.05, 0.1) is 24.1 Å². The van der Waals surface area contributed by atoms with E-state index in [4.69, 9.17) is 4.74 Å². The lowest BCUT2D eigenvalue weighted by Gasteiger charge is -2.22. The highest BCUT2D eigenvalue weighted by molar-refractivity contribution is 7.89. The van der Waals surface area contributed by atoms with Gasteiger partial charge < -0.3 is 15.4 Å². The van der Waals surface area contributed by atoms with E-state index in [-0.39, 0.29) is 29.3 Å². The predicted octanol–water partition coefficient (Wildman–Crippen LogP) is 2.39. The molecule has 178 valence electrons. The topological polar surface area (TPSA) is 114 Å². The van der Waals surface area contributed by atoms with Crippen molar-refractivity contribution in [2.45, 2.75) is 49.5 Å². The van der Waals surface area contributed by atoms with Gasteiger partial charge >= 0.3 is 0 Å². The number of ether oxygens (including phenoxy) is 1. The molecule has 0 aromatic heterocycles. The molecule has 1 saturated carbocycles. The Balaban J connectivity index is 1.46. The van der Waals surface area contributed by atoms with Gasteiger partial charge in [-0.2, -0.15) is 0 Å². The summed E-state index contributed by atoms with van der Waals surface area (Å²) in [6.07, 6.45) is 5.79. The van der Waals surface area contributed by atoms with Gasteiger partial charge in [0.25, 0.3) is 5.91 Å². The van der Waals surface area contributed by atoms with Crippen LogP contribution in [-0.4, -0.2) is 46.5 Å². The Hall–Kier alpha value is -2.91. The van der Waals surface area contributed by atoms with Gasteiger partial charge in [-0.05, 0) is 49.1 Å². The third-order valence-corrected chi connectivity index (χ3v) is 7.09. The average molecular weight is 474 g/mol. The lowest BCUT2D eigenvalue weighted by Crippen LogP contribution is -2.42. The molecule has 0 heterocycles. The molecule has 8 nitrogen and oxygen atoms in total. The van der Waals surface area contributed by atoms with E-state index in [1.54, 1.807) is 36.4 Å². The van der Waals surface area contributed by atoms with E-state index in [0.29, 0.717) is 24.3 Å². The fourth-order valence-corrected chi connectivity index (χ4v) is 4.83. The van der Waals surface area contributed by atoms with E-state index in [1.807, 2.05) is 0 Å². The Kier molecular flexibility index (Phi) is 8.85. The number of sulfonamides is 1. The lowest BCUT2D eigenvalue weighted by molar-refractivity contribution is -0.120. The number of hydrogen-bond acceptors (Lipinski definition) is 5. The van der Waals surface area contributed by atoms with E-state index < -0.39 is 10.0 Å². The Morgan fingerprint density at radius 1 is 1.00 bits per heavy atom. The molecule has 2 amide bonds. The molecule has 0 spiro atoms. The van der Waals surface area contributed by atoms with Crippen molar-refractivity contribution in [1.29, 1.82) is 0 Å². The quantitative estimate of drug-likeness (QED) is 0.490. The van der Waals surface area contributed by atoms with Crippen molar-refractivity contribution in [2.75, 3.05) is 20.2 Å². The largest absolute Gasteiger partial charge is 0.496 e. The minimum atomic E-state index is -3.79. The maximum Gasteiger partial charge on any atom is 0.255 e. The molecule has 0 radical (unpaired) electrons. The molecule has 2 aromatic carbocycles. The third-order valence-electron chi connectivity index (χ3n) is 5.68. The molecule has 0 unspecified atom stereocenters. The molecule has 9 heteroatoms. The molecule has 0 saturated heterocycles. The van der Waals surface area contributed by atoms with Crippen molar-refractivity contribution >= 4 is 21.8 Å². The van der Waals surface area contributed by atoms with Crippen LogP contribution in [0.2, 0.25) is 0 Å². The highest BCUT2D eigenvalue weighted by Gasteiger charge is 2.19. The van der Waals surface area contributed by atoms with Gasteiger partial charge in [-0.3, -0.25) is 9.59 Å². The van der Waals surface area contributed by atoms with E-state index in [9.17, 15) is 18.0 Å². The van der Waals surface area contributed by atoms with Gasteiger partial charge in [0, 0.05) is 12.6 Å². The van der Waals surface area contributed by atoms with E-state index >= 15 is 0 Å². The van der Waals surface area contributed by atoms with Crippen LogP contribution in [0.3, 0.4) is 0 Å². The highest BCUT2D eigenvalue weighted by Crippen LogP contribution is 2.18. The maximum absolute atomic E-state index is 12.5. The fraction of sp³-hybridized carbons (Fsp3) is 0.417. The van der Waals surface area contributed by atoms with Crippen LogP contribution in [0.15, 0.2) is 53.4 Å². The number of para-hydroxylation sites is 1. The first kappa shape index (κ1) is 24.7. The molecule has 2 aromatic rings. The summed E-state index contributed by atoms with van der Waals surface area (Å²) in [6, 6.07) is 13.5. The summed E-state index contributed by atoms with van der Waals surface area (Å²) in [5, 5.41) is 5.73. The second-order valence-electron chi connectivity index (χ2n) is 8.08. The summed E-state index contributed by atoms with van der Waals surface area (Å²) in [5.74, 6) is -0.0419. The second-order valence-corrected chi connectivity index (χ2v) is 9.84. The Morgan fingerprint density at radius 3 is 2.39 bits per heavy atom. The van der Waals surface area contributed by atoms with E-state index in [0.717, 1.165) is 31.2 Å². The molecule has 1 aliphatic rings. The van der Waals surface area contributed by atoms with Crippen molar-refractivity contribution in [2.24, 2.45) is 0 Å². The number of carbonyl (C=O) groups excluding carboxylic acids is 2. The summed E-state index contributed by atoms with van der Waals surface area (Å²) >= 11 is 0. The molecule has 3 rings (SSSR count). The zero-order valence-electron chi connectivity index (χ0n) is 18.8. The van der Waals surface area contributed by atoms with Gasteiger partial charge in [-0.25, -0.2) is 13.1 Å². The zero-order chi connectivity index (χ0) is 23.7. The van der Waals surface area contributed by atoms with Crippen LogP contribution in [0.5, 0.6) is 5.75 Å². The SMILES string of the molecule is COc1ccccc1C(=O)NCCc1ccc(S(=O)(=O)NCC(=O)NC2CCCCC2)cc1. The second kappa shape index (κ2) is 11.8. The number of rotatable bonds is 10. The van der Waals surface area contributed by atoms with Crippen molar-refractivity contribution in [3.8, 4) is 5.75 Å². The molecule has 0 aliphatic heterocycles. The van der Waals surface area contributed by atoms with Crippen molar-refractivity contribution in [3.63, 3.8) is 0 Å². The first-order valence-electron chi connectivity index (χ1n) is 11.2. The summed E-state index contributed by atoms with van der Waals surface area (Å²) in [5.41, 5.74) is 1.34. The summed E-state index contributed by atoms with van der Waals surface area (Å²) in [4.78, 5) is 24.5. The fourth-order valence-electron chi connectivity index (χ4n) is 3.85.